The maximum absolute atomic E-state index is 3.58. The molecule has 0 aliphatic heterocycles. The Kier molecular flexibility index (Phi) is 7.46. The van der Waals surface area contributed by atoms with E-state index in [4.69, 9.17) is 0 Å². The predicted molar refractivity (Wildman–Crippen MR) is 103 cm³/mol. The first kappa shape index (κ1) is 18.4. The van der Waals surface area contributed by atoms with Gasteiger partial charge in [0, 0.05) is 12.2 Å². The average Bonchev–Trinajstić information content (AvgIpc) is 2.56. The van der Waals surface area contributed by atoms with Gasteiger partial charge in [0.1, 0.15) is 0 Å². The lowest BCUT2D eigenvalue weighted by Gasteiger charge is -2.39. The molecule has 0 saturated heterocycles. The summed E-state index contributed by atoms with van der Waals surface area (Å²) < 4.78 is 0. The fourth-order valence-electron chi connectivity index (χ4n) is 4.37. The van der Waals surface area contributed by atoms with Crippen LogP contribution < -0.4 is 5.32 Å². The molecule has 0 unspecified atom stereocenters. The van der Waals surface area contributed by atoms with Gasteiger partial charge in [0.25, 0.3) is 0 Å². The van der Waals surface area contributed by atoms with Gasteiger partial charge in [-0.2, -0.15) is 0 Å². The van der Waals surface area contributed by atoms with Gasteiger partial charge in [-0.05, 0) is 61.3 Å². The molecule has 1 heteroatoms. The van der Waals surface area contributed by atoms with Crippen LogP contribution in [-0.4, -0.2) is 6.54 Å². The second-order valence-electron chi connectivity index (χ2n) is 7.61. The molecule has 0 aromatic heterocycles. The monoisotopic (exact) mass is 315 g/mol. The molecule has 1 aromatic rings. The molecule has 0 heterocycles. The maximum Gasteiger partial charge on any atom is 0.0343 e. The van der Waals surface area contributed by atoms with Crippen molar-refractivity contribution in [2.75, 3.05) is 11.9 Å². The van der Waals surface area contributed by atoms with Crippen molar-refractivity contribution < 1.29 is 0 Å². The molecule has 0 atom stereocenters. The first-order chi connectivity index (χ1) is 11.2. The highest BCUT2D eigenvalue weighted by atomic mass is 14.9. The molecular formula is C22H37N. The molecule has 23 heavy (non-hydrogen) atoms. The van der Waals surface area contributed by atoms with Gasteiger partial charge in [0.2, 0.25) is 0 Å². The van der Waals surface area contributed by atoms with Crippen molar-refractivity contribution in [3.63, 3.8) is 0 Å². The summed E-state index contributed by atoms with van der Waals surface area (Å²) in [5, 5.41) is 3.58. The maximum atomic E-state index is 3.58. The largest absolute Gasteiger partial charge is 0.385 e. The Hall–Kier alpha value is -0.980. The molecule has 1 nitrogen and oxygen atoms in total. The van der Waals surface area contributed by atoms with Crippen LogP contribution in [0.2, 0.25) is 0 Å². The molecule has 1 aromatic carbocycles. The van der Waals surface area contributed by atoms with E-state index < -0.39 is 0 Å². The first-order valence-corrected chi connectivity index (χ1v) is 10.1. The van der Waals surface area contributed by atoms with Gasteiger partial charge in [-0.15, -0.1) is 0 Å². The summed E-state index contributed by atoms with van der Waals surface area (Å²) in [6.07, 6.45) is 15.1. The van der Waals surface area contributed by atoms with Gasteiger partial charge >= 0.3 is 0 Å². The summed E-state index contributed by atoms with van der Waals surface area (Å²) in [6, 6.07) is 7.16. The van der Waals surface area contributed by atoms with Crippen molar-refractivity contribution in [1.29, 1.82) is 0 Å². The Morgan fingerprint density at radius 1 is 0.957 bits per heavy atom. The highest BCUT2D eigenvalue weighted by Gasteiger charge is 2.34. The minimum Gasteiger partial charge on any atom is -0.385 e. The average molecular weight is 316 g/mol. The summed E-state index contributed by atoms with van der Waals surface area (Å²) in [5.74, 6) is 0. The van der Waals surface area contributed by atoms with Crippen LogP contribution in [0.3, 0.4) is 0 Å². The van der Waals surface area contributed by atoms with Crippen LogP contribution in [0, 0.1) is 6.92 Å². The van der Waals surface area contributed by atoms with E-state index in [0.717, 1.165) is 6.54 Å². The van der Waals surface area contributed by atoms with Crippen LogP contribution in [0.5, 0.6) is 0 Å². The standard InChI is InChI=1S/C22H37N/c1-4-6-9-14-22(15-10-8-11-16-22)21-13-12-20(18-19(21)3)23-17-7-5-2/h12-13,18,23H,4-11,14-17H2,1-3H3. The minimum absolute atomic E-state index is 0.472. The topological polar surface area (TPSA) is 12.0 Å². The molecular weight excluding hydrogens is 278 g/mol. The summed E-state index contributed by atoms with van der Waals surface area (Å²) in [4.78, 5) is 0. The summed E-state index contributed by atoms with van der Waals surface area (Å²) in [5.41, 5.74) is 4.93. The molecule has 2 rings (SSSR count). The zero-order valence-corrected chi connectivity index (χ0v) is 15.7. The molecule has 0 bridgehead atoms. The van der Waals surface area contributed by atoms with E-state index >= 15 is 0 Å². The molecule has 130 valence electrons. The number of nitrogens with one attached hydrogen (secondary N) is 1. The van der Waals surface area contributed by atoms with Crippen molar-refractivity contribution in [1.82, 2.24) is 0 Å². The van der Waals surface area contributed by atoms with Crippen molar-refractivity contribution >= 4 is 5.69 Å². The molecule has 1 saturated carbocycles. The van der Waals surface area contributed by atoms with Crippen molar-refractivity contribution in [2.24, 2.45) is 0 Å². The molecule has 1 aliphatic rings. The third-order valence-electron chi connectivity index (χ3n) is 5.73. The SMILES string of the molecule is CCCCCC1(c2ccc(NCCCC)cc2C)CCCCC1. The number of benzene rings is 1. The van der Waals surface area contributed by atoms with Gasteiger partial charge in [0.05, 0.1) is 0 Å². The van der Waals surface area contributed by atoms with E-state index in [1.165, 1.54) is 81.9 Å². The van der Waals surface area contributed by atoms with Gasteiger partial charge in [-0.25, -0.2) is 0 Å². The lowest BCUT2D eigenvalue weighted by Crippen LogP contribution is -2.30. The second kappa shape index (κ2) is 9.35. The summed E-state index contributed by atoms with van der Waals surface area (Å²) in [6.45, 7) is 7.99. The normalized spacial score (nSPS) is 17.2. The van der Waals surface area contributed by atoms with Gasteiger partial charge < -0.3 is 5.32 Å². The van der Waals surface area contributed by atoms with Crippen LogP contribution in [0.1, 0.15) is 95.6 Å². The fraction of sp³-hybridized carbons (Fsp3) is 0.727. The van der Waals surface area contributed by atoms with Crippen LogP contribution in [-0.2, 0) is 5.41 Å². The number of anilines is 1. The smallest absolute Gasteiger partial charge is 0.0343 e. The van der Waals surface area contributed by atoms with Crippen molar-refractivity contribution in [3.05, 3.63) is 29.3 Å². The van der Waals surface area contributed by atoms with Crippen LogP contribution >= 0.6 is 0 Å². The lowest BCUT2D eigenvalue weighted by molar-refractivity contribution is 0.265. The van der Waals surface area contributed by atoms with E-state index in [9.17, 15) is 0 Å². The van der Waals surface area contributed by atoms with Crippen LogP contribution in [0.15, 0.2) is 18.2 Å². The van der Waals surface area contributed by atoms with Crippen LogP contribution in [0.4, 0.5) is 5.69 Å². The number of hydrogen-bond acceptors (Lipinski definition) is 1. The number of rotatable bonds is 9. The number of unbranched alkanes of at least 4 members (excludes halogenated alkanes) is 3. The Morgan fingerprint density at radius 3 is 2.35 bits per heavy atom. The molecule has 1 aliphatic carbocycles. The van der Waals surface area contributed by atoms with E-state index in [1.807, 2.05) is 0 Å². The van der Waals surface area contributed by atoms with E-state index in [1.54, 1.807) is 5.56 Å². The third kappa shape index (κ3) is 4.99. The van der Waals surface area contributed by atoms with Crippen molar-refractivity contribution in [2.45, 2.75) is 96.8 Å². The van der Waals surface area contributed by atoms with E-state index in [0.29, 0.717) is 5.41 Å². The highest BCUT2D eigenvalue weighted by Crippen LogP contribution is 2.45. The molecule has 0 spiro atoms. The Morgan fingerprint density at radius 2 is 1.70 bits per heavy atom. The quantitative estimate of drug-likeness (QED) is 0.484. The van der Waals surface area contributed by atoms with Gasteiger partial charge in [0.15, 0.2) is 0 Å². The Bertz CT molecular complexity index is 457. The number of hydrogen-bond donors (Lipinski definition) is 1. The number of aryl methyl sites for hydroxylation is 1. The van der Waals surface area contributed by atoms with E-state index in [-0.39, 0.29) is 0 Å². The third-order valence-corrected chi connectivity index (χ3v) is 5.73. The molecule has 0 radical (unpaired) electrons. The van der Waals surface area contributed by atoms with E-state index in [2.05, 4.69) is 44.3 Å². The molecule has 1 N–H and O–H groups in total. The van der Waals surface area contributed by atoms with Crippen LogP contribution in [0.25, 0.3) is 0 Å². The molecule has 1 fully saturated rings. The van der Waals surface area contributed by atoms with Gasteiger partial charge in [-0.3, -0.25) is 0 Å². The highest BCUT2D eigenvalue weighted by molar-refractivity contribution is 5.50. The lowest BCUT2D eigenvalue weighted by atomic mass is 9.65. The first-order valence-electron chi connectivity index (χ1n) is 10.1. The zero-order valence-electron chi connectivity index (χ0n) is 15.7. The van der Waals surface area contributed by atoms with Crippen molar-refractivity contribution in [3.8, 4) is 0 Å². The Balaban J connectivity index is 2.14. The van der Waals surface area contributed by atoms with Gasteiger partial charge in [-0.1, -0.05) is 64.9 Å². The Labute approximate surface area is 144 Å². The summed E-state index contributed by atoms with van der Waals surface area (Å²) >= 11 is 0. The fourth-order valence-corrected chi connectivity index (χ4v) is 4.37. The molecule has 0 amide bonds. The zero-order chi connectivity index (χ0) is 16.5. The predicted octanol–water partition coefficient (Wildman–Crippen LogP) is 6.99. The second-order valence-corrected chi connectivity index (χ2v) is 7.61. The summed E-state index contributed by atoms with van der Waals surface area (Å²) in [7, 11) is 0. The minimum atomic E-state index is 0.472.